The van der Waals surface area contributed by atoms with Gasteiger partial charge in [-0.25, -0.2) is 0 Å². The van der Waals surface area contributed by atoms with Gasteiger partial charge in [-0.15, -0.1) is 0 Å². The van der Waals surface area contributed by atoms with E-state index in [-0.39, 0.29) is 18.4 Å². The molecule has 1 saturated heterocycles. The highest BCUT2D eigenvalue weighted by Crippen LogP contribution is 2.22. The van der Waals surface area contributed by atoms with Crippen molar-refractivity contribution in [1.82, 2.24) is 0 Å². The second kappa shape index (κ2) is 4.42. The van der Waals surface area contributed by atoms with E-state index in [0.717, 1.165) is 12.8 Å². The summed E-state index contributed by atoms with van der Waals surface area (Å²) in [6, 6.07) is 0. The molecule has 0 radical (unpaired) electrons. The molecule has 0 amide bonds. The molecular formula is C8H14O4. The molecule has 0 aromatic rings. The molecule has 0 aromatic heterocycles. The zero-order valence-electron chi connectivity index (χ0n) is 7.41. The summed E-state index contributed by atoms with van der Waals surface area (Å²) in [6.07, 6.45) is 1.89. The largest absolute Gasteiger partial charge is 0.469 e. The van der Waals surface area contributed by atoms with E-state index in [0.29, 0.717) is 6.42 Å². The molecule has 1 heterocycles. The van der Waals surface area contributed by atoms with Gasteiger partial charge >= 0.3 is 5.97 Å². The Bertz CT molecular complexity index is 157. The maximum Gasteiger partial charge on any atom is 0.308 e. The molecule has 0 N–H and O–H groups in total. The summed E-state index contributed by atoms with van der Waals surface area (Å²) >= 11 is 0. The number of carbonyl (C=O) groups is 1. The Morgan fingerprint density at radius 3 is 2.75 bits per heavy atom. The van der Waals surface area contributed by atoms with Crippen LogP contribution in [0.25, 0.3) is 0 Å². The van der Waals surface area contributed by atoms with E-state index >= 15 is 0 Å². The first kappa shape index (κ1) is 9.48. The third-order valence-corrected chi connectivity index (χ3v) is 1.95. The number of rotatable bonds is 3. The molecule has 1 aliphatic rings. The summed E-state index contributed by atoms with van der Waals surface area (Å²) in [7, 11) is 2.98. The van der Waals surface area contributed by atoms with Crippen LogP contribution in [-0.2, 0) is 19.0 Å². The van der Waals surface area contributed by atoms with Gasteiger partial charge in [-0.2, -0.15) is 0 Å². The van der Waals surface area contributed by atoms with Crippen molar-refractivity contribution in [2.24, 2.45) is 0 Å². The lowest BCUT2D eigenvalue weighted by Crippen LogP contribution is -2.16. The highest BCUT2D eigenvalue weighted by molar-refractivity contribution is 5.69. The summed E-state index contributed by atoms with van der Waals surface area (Å²) in [5, 5.41) is 0. The van der Waals surface area contributed by atoms with Crippen LogP contribution in [0.5, 0.6) is 0 Å². The molecule has 1 aliphatic heterocycles. The van der Waals surface area contributed by atoms with Crippen LogP contribution >= 0.6 is 0 Å². The van der Waals surface area contributed by atoms with Gasteiger partial charge in [0.2, 0.25) is 0 Å². The summed E-state index contributed by atoms with van der Waals surface area (Å²) < 4.78 is 14.9. The monoisotopic (exact) mass is 174 g/mol. The molecule has 0 bridgehead atoms. The Hall–Kier alpha value is -0.610. The van der Waals surface area contributed by atoms with Crippen molar-refractivity contribution in [2.45, 2.75) is 31.7 Å². The van der Waals surface area contributed by atoms with Crippen LogP contribution < -0.4 is 0 Å². The number of hydrogen-bond donors (Lipinski definition) is 0. The van der Waals surface area contributed by atoms with Crippen molar-refractivity contribution < 1.29 is 19.0 Å². The predicted molar refractivity (Wildman–Crippen MR) is 41.5 cm³/mol. The zero-order valence-corrected chi connectivity index (χ0v) is 7.41. The molecule has 2 unspecified atom stereocenters. The van der Waals surface area contributed by atoms with Gasteiger partial charge < -0.3 is 14.2 Å². The molecule has 0 spiro atoms. The Labute approximate surface area is 71.8 Å². The maximum atomic E-state index is 10.8. The quantitative estimate of drug-likeness (QED) is 0.591. The fraction of sp³-hybridized carbons (Fsp3) is 0.875. The van der Waals surface area contributed by atoms with E-state index in [1.807, 2.05) is 0 Å². The van der Waals surface area contributed by atoms with E-state index in [9.17, 15) is 4.79 Å². The lowest BCUT2D eigenvalue weighted by Gasteiger charge is -2.10. The molecule has 12 heavy (non-hydrogen) atoms. The Morgan fingerprint density at radius 2 is 2.25 bits per heavy atom. The second-order valence-electron chi connectivity index (χ2n) is 2.78. The molecule has 0 saturated carbocycles. The van der Waals surface area contributed by atoms with Gasteiger partial charge in [0.15, 0.2) is 6.29 Å². The van der Waals surface area contributed by atoms with Gasteiger partial charge in [-0.1, -0.05) is 0 Å². The van der Waals surface area contributed by atoms with Crippen LogP contribution in [0.2, 0.25) is 0 Å². The molecule has 70 valence electrons. The maximum absolute atomic E-state index is 10.8. The van der Waals surface area contributed by atoms with Crippen molar-refractivity contribution in [2.75, 3.05) is 14.2 Å². The van der Waals surface area contributed by atoms with Gasteiger partial charge in [0.1, 0.15) is 0 Å². The van der Waals surface area contributed by atoms with E-state index in [1.165, 1.54) is 7.11 Å². The van der Waals surface area contributed by atoms with Crippen LogP contribution in [0, 0.1) is 0 Å². The fourth-order valence-electron chi connectivity index (χ4n) is 1.27. The van der Waals surface area contributed by atoms with Gasteiger partial charge in [0.25, 0.3) is 0 Å². The number of carbonyl (C=O) groups excluding carboxylic acids is 1. The molecule has 0 aromatic carbocycles. The van der Waals surface area contributed by atoms with Crippen LogP contribution in [0.15, 0.2) is 0 Å². The minimum absolute atomic E-state index is 0.0256. The SMILES string of the molecule is COC(=O)CC1CCC(OC)O1. The molecule has 4 nitrogen and oxygen atoms in total. The topological polar surface area (TPSA) is 44.8 Å². The summed E-state index contributed by atoms with van der Waals surface area (Å²) in [5.74, 6) is -0.225. The first-order valence-electron chi connectivity index (χ1n) is 4.01. The normalized spacial score (nSPS) is 28.8. The van der Waals surface area contributed by atoms with Crippen LogP contribution in [-0.4, -0.2) is 32.6 Å². The average Bonchev–Trinajstić information content (AvgIpc) is 2.52. The van der Waals surface area contributed by atoms with Crippen molar-refractivity contribution >= 4 is 5.97 Å². The number of hydrogen-bond acceptors (Lipinski definition) is 4. The molecule has 2 atom stereocenters. The molecule has 1 fully saturated rings. The highest BCUT2D eigenvalue weighted by atomic mass is 16.7. The van der Waals surface area contributed by atoms with Gasteiger partial charge in [-0.3, -0.25) is 4.79 Å². The van der Waals surface area contributed by atoms with E-state index in [4.69, 9.17) is 9.47 Å². The van der Waals surface area contributed by atoms with Crippen LogP contribution in [0.3, 0.4) is 0 Å². The minimum atomic E-state index is -0.225. The van der Waals surface area contributed by atoms with E-state index < -0.39 is 0 Å². The Morgan fingerprint density at radius 1 is 1.50 bits per heavy atom. The van der Waals surface area contributed by atoms with Crippen LogP contribution in [0.4, 0.5) is 0 Å². The van der Waals surface area contributed by atoms with Crippen molar-refractivity contribution in [1.29, 1.82) is 0 Å². The molecule has 1 rings (SSSR count). The lowest BCUT2D eigenvalue weighted by atomic mass is 10.2. The fourth-order valence-corrected chi connectivity index (χ4v) is 1.27. The molecular weight excluding hydrogens is 160 g/mol. The number of methoxy groups -OCH3 is 2. The lowest BCUT2D eigenvalue weighted by molar-refractivity contribution is -0.149. The van der Waals surface area contributed by atoms with Crippen molar-refractivity contribution in [3.8, 4) is 0 Å². The number of ether oxygens (including phenoxy) is 3. The van der Waals surface area contributed by atoms with Crippen LogP contribution in [0.1, 0.15) is 19.3 Å². The van der Waals surface area contributed by atoms with Crippen molar-refractivity contribution in [3.05, 3.63) is 0 Å². The summed E-state index contributed by atoms with van der Waals surface area (Å²) in [5.41, 5.74) is 0. The first-order valence-corrected chi connectivity index (χ1v) is 4.01. The Balaban J connectivity index is 2.23. The summed E-state index contributed by atoms with van der Waals surface area (Å²) in [6.45, 7) is 0. The third-order valence-electron chi connectivity index (χ3n) is 1.95. The second-order valence-corrected chi connectivity index (χ2v) is 2.78. The van der Waals surface area contributed by atoms with Gasteiger partial charge in [0, 0.05) is 13.5 Å². The van der Waals surface area contributed by atoms with E-state index in [1.54, 1.807) is 7.11 Å². The summed E-state index contributed by atoms with van der Waals surface area (Å²) in [4.78, 5) is 10.8. The first-order chi connectivity index (χ1) is 5.76. The Kier molecular flexibility index (Phi) is 3.49. The smallest absolute Gasteiger partial charge is 0.308 e. The predicted octanol–water partition coefficient (Wildman–Crippen LogP) is 0.701. The standard InChI is InChI=1S/C8H14O4/c1-10-7(9)5-6-3-4-8(11-2)12-6/h6,8H,3-5H2,1-2H3. The minimum Gasteiger partial charge on any atom is -0.469 e. The highest BCUT2D eigenvalue weighted by Gasteiger charge is 2.26. The zero-order chi connectivity index (χ0) is 8.97. The van der Waals surface area contributed by atoms with Gasteiger partial charge in [-0.05, 0) is 6.42 Å². The third kappa shape index (κ3) is 2.46. The number of esters is 1. The average molecular weight is 174 g/mol. The van der Waals surface area contributed by atoms with Crippen molar-refractivity contribution in [3.63, 3.8) is 0 Å². The van der Waals surface area contributed by atoms with Gasteiger partial charge in [0.05, 0.1) is 19.6 Å². The van der Waals surface area contributed by atoms with E-state index in [2.05, 4.69) is 4.74 Å². The molecule has 0 aliphatic carbocycles. The molecule has 4 heteroatoms.